The number of nitriles is 2. The molecule has 0 unspecified atom stereocenters. The molecule has 2 aliphatic rings. The third-order valence-corrected chi connectivity index (χ3v) is 16.3. The predicted octanol–water partition coefficient (Wildman–Crippen LogP) is 16.4. The van der Waals surface area contributed by atoms with Gasteiger partial charge in [-0.1, -0.05) is 231 Å². The number of nitrogens with zero attached hydrogens (tertiary/aromatic N) is 4. The maximum atomic E-state index is 11.8. The fraction of sp³-hybridized carbons (Fsp3) is 0.0286. The Labute approximate surface area is 428 Å². The van der Waals surface area contributed by atoms with Crippen molar-refractivity contribution in [3.63, 3.8) is 0 Å². The topological polar surface area (TPSA) is 57.4 Å². The monoisotopic (exact) mass is 938 g/mol. The van der Waals surface area contributed by atoms with Crippen molar-refractivity contribution in [2.75, 3.05) is 0 Å². The average molecular weight is 939 g/mol. The van der Waals surface area contributed by atoms with Crippen LogP contribution >= 0.6 is 0 Å². The largest absolute Gasteiger partial charge is 0.309 e. The summed E-state index contributed by atoms with van der Waals surface area (Å²) in [6, 6.07) is 96.6. The predicted molar refractivity (Wildman–Crippen MR) is 299 cm³/mol. The summed E-state index contributed by atoms with van der Waals surface area (Å²) < 4.78 is 4.57. The number of para-hydroxylation sites is 2. The molecular formula is C70H42N4. The summed E-state index contributed by atoms with van der Waals surface area (Å²) >= 11 is 0. The first-order chi connectivity index (χ1) is 36.7. The van der Waals surface area contributed by atoms with Crippen LogP contribution in [0.4, 0.5) is 0 Å². The van der Waals surface area contributed by atoms with Crippen molar-refractivity contribution in [3.05, 3.63) is 310 Å². The van der Waals surface area contributed by atoms with E-state index in [0.717, 1.165) is 93.8 Å². The molecular weight excluding hydrogens is 897 g/mol. The van der Waals surface area contributed by atoms with Gasteiger partial charge in [0.05, 0.1) is 49.7 Å². The summed E-state index contributed by atoms with van der Waals surface area (Å²) in [6.07, 6.45) is 0. The summed E-state index contributed by atoms with van der Waals surface area (Å²) in [5.41, 5.74) is 18.5. The highest BCUT2D eigenvalue weighted by Crippen LogP contribution is 2.61. The second kappa shape index (κ2) is 15.7. The van der Waals surface area contributed by atoms with Crippen molar-refractivity contribution in [1.29, 1.82) is 10.5 Å². The standard InChI is InChI=1S/C70H42N4/c71-43-45-41-51(73-62-35-19-15-31-54(62)58-39-37-56-52-29-13-17-33-60(52)69(64(56)67(58)73,47-21-5-1-6-22-47)48-23-7-2-8-24-48)42-46(44-72)66(45)74-63-36-20-16-32-55(63)59-40-38-57-53-30-14-18-34-61(53)70(65(57)68(59)74,49-25-9-3-10-26-49)50-27-11-4-12-28-50/h1-42H. The fourth-order valence-electron chi connectivity index (χ4n) is 13.6. The van der Waals surface area contributed by atoms with Crippen molar-refractivity contribution in [2.24, 2.45) is 0 Å². The van der Waals surface area contributed by atoms with E-state index in [1.54, 1.807) is 0 Å². The van der Waals surface area contributed by atoms with Gasteiger partial charge in [0, 0.05) is 38.4 Å². The van der Waals surface area contributed by atoms with Gasteiger partial charge < -0.3 is 9.13 Å². The van der Waals surface area contributed by atoms with Crippen LogP contribution in [0.15, 0.2) is 255 Å². The lowest BCUT2D eigenvalue weighted by atomic mass is 9.67. The van der Waals surface area contributed by atoms with Crippen LogP contribution in [0.25, 0.3) is 77.2 Å². The minimum absolute atomic E-state index is 0.402. The van der Waals surface area contributed by atoms with Gasteiger partial charge in [-0.3, -0.25) is 0 Å². The highest BCUT2D eigenvalue weighted by atomic mass is 15.0. The van der Waals surface area contributed by atoms with E-state index in [2.05, 4.69) is 264 Å². The summed E-state index contributed by atoms with van der Waals surface area (Å²) in [4.78, 5) is 0. The number of hydrogen-bond acceptors (Lipinski definition) is 2. The summed E-state index contributed by atoms with van der Waals surface area (Å²) in [5.74, 6) is 0. The molecule has 0 radical (unpaired) electrons. The number of hydrogen-bond donors (Lipinski definition) is 0. The van der Waals surface area contributed by atoms with E-state index >= 15 is 0 Å². The van der Waals surface area contributed by atoms with Crippen LogP contribution in [0.1, 0.15) is 55.6 Å². The molecule has 0 amide bonds. The fourth-order valence-corrected chi connectivity index (χ4v) is 13.6. The molecule has 74 heavy (non-hydrogen) atoms. The first kappa shape index (κ1) is 41.8. The Morgan fingerprint density at radius 3 is 1.08 bits per heavy atom. The Balaban J connectivity index is 1.08. The van der Waals surface area contributed by atoms with E-state index < -0.39 is 10.8 Å². The Kier molecular flexibility index (Phi) is 8.89. The maximum absolute atomic E-state index is 11.8. The summed E-state index contributed by atoms with van der Waals surface area (Å²) in [5, 5.41) is 27.9. The molecule has 2 heterocycles. The van der Waals surface area contributed by atoms with Crippen molar-refractivity contribution < 1.29 is 0 Å². The number of rotatable bonds is 6. The number of fused-ring (bicyclic) bond motifs is 14. The molecule has 0 atom stereocenters. The van der Waals surface area contributed by atoms with Gasteiger partial charge in [-0.15, -0.1) is 0 Å². The third kappa shape index (κ3) is 5.33. The van der Waals surface area contributed by atoms with Crippen LogP contribution in [0, 0.1) is 22.7 Å². The minimum atomic E-state index is -0.745. The van der Waals surface area contributed by atoms with E-state index in [4.69, 9.17) is 0 Å². The highest BCUT2D eigenvalue weighted by molar-refractivity contribution is 6.16. The molecule has 0 spiro atoms. The van der Waals surface area contributed by atoms with E-state index in [1.165, 1.54) is 22.3 Å². The minimum Gasteiger partial charge on any atom is -0.309 e. The molecule has 342 valence electrons. The van der Waals surface area contributed by atoms with E-state index in [0.29, 0.717) is 16.8 Å². The lowest BCUT2D eigenvalue weighted by molar-refractivity contribution is 0.771. The van der Waals surface area contributed by atoms with Gasteiger partial charge in [-0.05, 0) is 79.9 Å². The zero-order valence-corrected chi connectivity index (χ0v) is 40.0. The zero-order valence-electron chi connectivity index (χ0n) is 40.0. The van der Waals surface area contributed by atoms with Gasteiger partial charge in [0.2, 0.25) is 0 Å². The van der Waals surface area contributed by atoms with Gasteiger partial charge in [0.25, 0.3) is 0 Å². The zero-order chi connectivity index (χ0) is 49.1. The maximum Gasteiger partial charge on any atom is 0.101 e. The molecule has 0 aliphatic heterocycles. The first-order valence-electron chi connectivity index (χ1n) is 25.2. The van der Waals surface area contributed by atoms with Gasteiger partial charge in [-0.25, -0.2) is 0 Å². The molecule has 11 aromatic carbocycles. The summed E-state index contributed by atoms with van der Waals surface area (Å²) in [6.45, 7) is 0. The molecule has 0 fully saturated rings. The van der Waals surface area contributed by atoms with Gasteiger partial charge >= 0.3 is 0 Å². The molecule has 4 nitrogen and oxygen atoms in total. The van der Waals surface area contributed by atoms with Gasteiger partial charge in [0.1, 0.15) is 12.1 Å². The van der Waals surface area contributed by atoms with E-state index in [9.17, 15) is 10.5 Å². The summed E-state index contributed by atoms with van der Waals surface area (Å²) in [7, 11) is 0. The van der Waals surface area contributed by atoms with Gasteiger partial charge in [-0.2, -0.15) is 10.5 Å². The van der Waals surface area contributed by atoms with Crippen molar-refractivity contribution in [1.82, 2.24) is 9.13 Å². The average Bonchev–Trinajstić information content (AvgIpc) is 4.19. The smallest absolute Gasteiger partial charge is 0.101 e. The Morgan fingerprint density at radius 2 is 0.662 bits per heavy atom. The molecule has 0 N–H and O–H groups in total. The third-order valence-electron chi connectivity index (χ3n) is 16.3. The van der Waals surface area contributed by atoms with Crippen molar-refractivity contribution >= 4 is 43.6 Å². The molecule has 0 saturated carbocycles. The Hall–Kier alpha value is -10.0. The van der Waals surface area contributed by atoms with Gasteiger partial charge in [0.15, 0.2) is 0 Å². The van der Waals surface area contributed by atoms with Crippen LogP contribution < -0.4 is 0 Å². The second-order valence-corrected chi connectivity index (χ2v) is 19.6. The lowest BCUT2D eigenvalue weighted by Gasteiger charge is -2.35. The van der Waals surface area contributed by atoms with Crippen LogP contribution in [-0.2, 0) is 10.8 Å². The molecule has 15 rings (SSSR count). The van der Waals surface area contributed by atoms with Crippen LogP contribution in [0.5, 0.6) is 0 Å². The van der Waals surface area contributed by atoms with E-state index in [-0.39, 0.29) is 0 Å². The van der Waals surface area contributed by atoms with Crippen molar-refractivity contribution in [2.45, 2.75) is 10.8 Å². The Morgan fingerprint density at radius 1 is 0.311 bits per heavy atom. The van der Waals surface area contributed by atoms with Crippen LogP contribution in [-0.4, -0.2) is 9.13 Å². The molecule has 2 aromatic heterocycles. The van der Waals surface area contributed by atoms with Crippen LogP contribution in [0.2, 0.25) is 0 Å². The number of benzene rings is 11. The second-order valence-electron chi connectivity index (χ2n) is 19.6. The molecule has 0 bridgehead atoms. The molecule has 13 aromatic rings. The van der Waals surface area contributed by atoms with Crippen molar-refractivity contribution in [3.8, 4) is 45.8 Å². The molecule has 0 saturated heterocycles. The lowest BCUT2D eigenvalue weighted by Crippen LogP contribution is -2.29. The normalized spacial score (nSPS) is 13.6. The first-order valence-corrected chi connectivity index (χ1v) is 25.2. The molecule has 2 aliphatic carbocycles. The highest BCUT2D eigenvalue weighted by Gasteiger charge is 2.50. The van der Waals surface area contributed by atoms with E-state index in [1.807, 2.05) is 12.1 Å². The van der Waals surface area contributed by atoms with Crippen LogP contribution in [0.3, 0.4) is 0 Å². The SMILES string of the molecule is N#Cc1cc(-n2c3ccccc3c3ccc4c(c32)C(c2ccccc2)(c2ccccc2)c2ccccc2-4)cc(C#N)c1-n1c2ccccc2c2ccc3c(c21)C(c1ccccc1)(c1ccccc1)c1ccccc1-3. The Bertz CT molecular complexity index is 4440. The quantitative estimate of drug-likeness (QED) is 0.167. The number of aromatic nitrogens is 2. The molecule has 4 heteroatoms.